The molecule has 17 heavy (non-hydrogen) atoms. The van der Waals surface area contributed by atoms with E-state index in [1.165, 1.54) is 11.1 Å². The molecule has 1 rings (SSSR count). The monoisotopic (exact) mass is 235 g/mol. The van der Waals surface area contributed by atoms with Gasteiger partial charge in [0.25, 0.3) is 0 Å². The highest BCUT2D eigenvalue weighted by Gasteiger charge is 2.16. The van der Waals surface area contributed by atoms with Crippen molar-refractivity contribution in [2.45, 2.75) is 59.1 Å². The Hall–Kier alpha value is -1.02. The first-order chi connectivity index (χ1) is 8.08. The Morgan fingerprint density at radius 1 is 1.18 bits per heavy atom. The summed E-state index contributed by atoms with van der Waals surface area (Å²) in [6.45, 7) is 8.50. The Bertz CT molecular complexity index is 349. The van der Waals surface area contributed by atoms with Gasteiger partial charge in [-0.05, 0) is 49.9 Å². The molecule has 0 amide bonds. The van der Waals surface area contributed by atoms with E-state index >= 15 is 0 Å². The van der Waals surface area contributed by atoms with Crippen molar-refractivity contribution in [2.24, 2.45) is 5.73 Å². The smallest absolute Gasteiger partial charge is 0.120 e. The highest BCUT2D eigenvalue weighted by molar-refractivity contribution is 5.34. The van der Waals surface area contributed by atoms with Crippen LogP contribution < -0.4 is 10.5 Å². The normalized spacial score (nSPS) is 14.4. The van der Waals surface area contributed by atoms with Gasteiger partial charge in [-0.15, -0.1) is 0 Å². The molecule has 0 saturated heterocycles. The van der Waals surface area contributed by atoms with Gasteiger partial charge in [0.05, 0.1) is 0 Å². The lowest BCUT2D eigenvalue weighted by molar-refractivity contribution is 0.161. The van der Waals surface area contributed by atoms with Crippen LogP contribution in [-0.4, -0.2) is 12.1 Å². The van der Waals surface area contributed by atoms with Gasteiger partial charge in [0.1, 0.15) is 11.9 Å². The van der Waals surface area contributed by atoms with Gasteiger partial charge in [0.15, 0.2) is 0 Å². The first kappa shape index (κ1) is 14.0. The summed E-state index contributed by atoms with van der Waals surface area (Å²) >= 11 is 0. The van der Waals surface area contributed by atoms with Gasteiger partial charge in [-0.1, -0.05) is 26.3 Å². The molecule has 96 valence electrons. The SMILES string of the molecule is CCCC(N)C(CC)Oc1ccc(C)c(C)c1. The predicted molar refractivity (Wildman–Crippen MR) is 73.5 cm³/mol. The van der Waals surface area contributed by atoms with E-state index in [0.29, 0.717) is 0 Å². The minimum Gasteiger partial charge on any atom is -0.489 e. The van der Waals surface area contributed by atoms with E-state index in [9.17, 15) is 0 Å². The summed E-state index contributed by atoms with van der Waals surface area (Å²) in [7, 11) is 0. The third-order valence-electron chi connectivity index (χ3n) is 3.27. The number of benzene rings is 1. The van der Waals surface area contributed by atoms with E-state index in [0.717, 1.165) is 25.0 Å². The molecule has 0 bridgehead atoms. The Balaban J connectivity index is 2.70. The Morgan fingerprint density at radius 2 is 1.88 bits per heavy atom. The average Bonchev–Trinajstić information content (AvgIpc) is 2.30. The lowest BCUT2D eigenvalue weighted by Crippen LogP contribution is -2.38. The number of rotatable bonds is 6. The molecule has 0 fully saturated rings. The number of ether oxygens (including phenoxy) is 1. The van der Waals surface area contributed by atoms with Crippen LogP contribution >= 0.6 is 0 Å². The fourth-order valence-corrected chi connectivity index (χ4v) is 1.95. The second-order valence-corrected chi connectivity index (χ2v) is 4.76. The molecule has 0 aromatic heterocycles. The van der Waals surface area contributed by atoms with Crippen LogP contribution in [0, 0.1) is 13.8 Å². The van der Waals surface area contributed by atoms with E-state index in [4.69, 9.17) is 10.5 Å². The number of hydrogen-bond donors (Lipinski definition) is 1. The first-order valence-corrected chi connectivity index (χ1v) is 6.58. The van der Waals surface area contributed by atoms with E-state index in [1.54, 1.807) is 0 Å². The molecule has 0 spiro atoms. The van der Waals surface area contributed by atoms with Gasteiger partial charge >= 0.3 is 0 Å². The highest BCUT2D eigenvalue weighted by Crippen LogP contribution is 2.20. The van der Waals surface area contributed by atoms with Gasteiger partial charge in [-0.2, -0.15) is 0 Å². The molecule has 1 aromatic carbocycles. The van der Waals surface area contributed by atoms with Crippen LogP contribution in [0.5, 0.6) is 5.75 Å². The van der Waals surface area contributed by atoms with Gasteiger partial charge in [0, 0.05) is 6.04 Å². The molecule has 2 N–H and O–H groups in total. The summed E-state index contributed by atoms with van der Waals surface area (Å²) in [5, 5.41) is 0. The molecular weight excluding hydrogens is 210 g/mol. The molecule has 0 heterocycles. The lowest BCUT2D eigenvalue weighted by atomic mass is 10.0. The molecule has 2 heteroatoms. The molecule has 0 aliphatic rings. The zero-order chi connectivity index (χ0) is 12.8. The summed E-state index contributed by atoms with van der Waals surface area (Å²) < 4.78 is 5.99. The molecule has 2 atom stereocenters. The third-order valence-corrected chi connectivity index (χ3v) is 3.27. The van der Waals surface area contributed by atoms with Crippen LogP contribution in [0.1, 0.15) is 44.2 Å². The fourth-order valence-electron chi connectivity index (χ4n) is 1.95. The van der Waals surface area contributed by atoms with Crippen LogP contribution in [0.25, 0.3) is 0 Å². The maximum absolute atomic E-state index is 6.13. The molecule has 0 aliphatic heterocycles. The van der Waals surface area contributed by atoms with Gasteiger partial charge in [-0.3, -0.25) is 0 Å². The molecule has 0 saturated carbocycles. The predicted octanol–water partition coefficient (Wildman–Crippen LogP) is 3.59. The minimum absolute atomic E-state index is 0.122. The number of nitrogens with two attached hydrogens (primary N) is 1. The summed E-state index contributed by atoms with van der Waals surface area (Å²) in [6.07, 6.45) is 3.20. The number of hydrogen-bond acceptors (Lipinski definition) is 2. The van der Waals surface area contributed by atoms with Crippen molar-refractivity contribution in [3.63, 3.8) is 0 Å². The maximum atomic E-state index is 6.13. The van der Waals surface area contributed by atoms with Crippen molar-refractivity contribution in [1.29, 1.82) is 0 Å². The van der Waals surface area contributed by atoms with Crippen molar-refractivity contribution < 1.29 is 4.74 Å². The largest absolute Gasteiger partial charge is 0.489 e. The highest BCUT2D eigenvalue weighted by atomic mass is 16.5. The number of aryl methyl sites for hydroxylation is 2. The molecule has 2 nitrogen and oxygen atoms in total. The van der Waals surface area contributed by atoms with Crippen molar-refractivity contribution in [1.82, 2.24) is 0 Å². The Morgan fingerprint density at radius 3 is 2.41 bits per heavy atom. The van der Waals surface area contributed by atoms with Crippen molar-refractivity contribution in [3.8, 4) is 5.75 Å². The van der Waals surface area contributed by atoms with Crippen molar-refractivity contribution in [3.05, 3.63) is 29.3 Å². The molecule has 0 aliphatic carbocycles. The summed E-state index contributed by atoms with van der Waals surface area (Å²) in [5.41, 5.74) is 8.69. The Kier molecular flexibility index (Phi) is 5.49. The zero-order valence-corrected chi connectivity index (χ0v) is 11.5. The molecule has 1 aromatic rings. The Labute approximate surface area is 105 Å². The average molecular weight is 235 g/mol. The minimum atomic E-state index is 0.122. The van der Waals surface area contributed by atoms with Gasteiger partial charge < -0.3 is 10.5 Å². The van der Waals surface area contributed by atoms with E-state index < -0.39 is 0 Å². The van der Waals surface area contributed by atoms with Crippen LogP contribution in [0.2, 0.25) is 0 Å². The van der Waals surface area contributed by atoms with Crippen LogP contribution in [0.4, 0.5) is 0 Å². The quantitative estimate of drug-likeness (QED) is 0.818. The zero-order valence-electron chi connectivity index (χ0n) is 11.5. The second kappa shape index (κ2) is 6.65. The third kappa shape index (κ3) is 4.04. The van der Waals surface area contributed by atoms with E-state index in [-0.39, 0.29) is 12.1 Å². The second-order valence-electron chi connectivity index (χ2n) is 4.76. The molecule has 2 unspecified atom stereocenters. The topological polar surface area (TPSA) is 35.2 Å². The van der Waals surface area contributed by atoms with Crippen molar-refractivity contribution >= 4 is 0 Å². The van der Waals surface area contributed by atoms with Gasteiger partial charge in [-0.25, -0.2) is 0 Å². The fraction of sp³-hybridized carbons (Fsp3) is 0.600. The molecular formula is C15H25NO. The summed E-state index contributed by atoms with van der Waals surface area (Å²) in [4.78, 5) is 0. The maximum Gasteiger partial charge on any atom is 0.120 e. The summed E-state index contributed by atoms with van der Waals surface area (Å²) in [5.74, 6) is 0.937. The van der Waals surface area contributed by atoms with Crippen molar-refractivity contribution in [2.75, 3.05) is 0 Å². The van der Waals surface area contributed by atoms with Gasteiger partial charge in [0.2, 0.25) is 0 Å². The lowest BCUT2D eigenvalue weighted by Gasteiger charge is -2.24. The van der Waals surface area contributed by atoms with Crippen LogP contribution in [0.3, 0.4) is 0 Å². The van der Waals surface area contributed by atoms with E-state index in [1.807, 2.05) is 6.07 Å². The van der Waals surface area contributed by atoms with Crippen LogP contribution in [0.15, 0.2) is 18.2 Å². The van der Waals surface area contributed by atoms with E-state index in [2.05, 4.69) is 39.8 Å². The first-order valence-electron chi connectivity index (χ1n) is 6.58. The molecule has 0 radical (unpaired) electrons. The van der Waals surface area contributed by atoms with Crippen LogP contribution in [-0.2, 0) is 0 Å². The standard InChI is InChI=1S/C15H25NO/c1-5-7-14(16)15(6-2)17-13-9-8-11(3)12(4)10-13/h8-10,14-15H,5-7,16H2,1-4H3. The summed E-state index contributed by atoms with van der Waals surface area (Å²) in [6, 6.07) is 6.36.